The van der Waals surface area contributed by atoms with E-state index in [0.29, 0.717) is 32.3 Å². The summed E-state index contributed by atoms with van der Waals surface area (Å²) in [4.78, 5) is 0. The van der Waals surface area contributed by atoms with Crippen LogP contribution in [0.5, 0.6) is 0 Å². The van der Waals surface area contributed by atoms with Gasteiger partial charge >= 0.3 is 5.97 Å². The van der Waals surface area contributed by atoms with Crippen LogP contribution < -0.4 is 0 Å². The number of ether oxygens (including phenoxy) is 4. The van der Waals surface area contributed by atoms with Gasteiger partial charge in [-0.3, -0.25) is 0 Å². The highest BCUT2D eigenvalue weighted by molar-refractivity contribution is 5.75. The molecule has 0 aromatic carbocycles. The van der Waals surface area contributed by atoms with E-state index >= 15 is 0 Å². The molecule has 0 aliphatic carbocycles. The largest absolute Gasteiger partial charge is 0.373 e. The van der Waals surface area contributed by atoms with Crippen LogP contribution in [0.15, 0.2) is 0 Å². The molecule has 2 unspecified atom stereocenters. The average Bonchev–Trinajstić information content (AvgIpc) is 3.08. The summed E-state index contributed by atoms with van der Waals surface area (Å²) in [6, 6.07) is 0. The van der Waals surface area contributed by atoms with Gasteiger partial charge in [0, 0.05) is 19.8 Å². The van der Waals surface area contributed by atoms with E-state index in [9.17, 15) is 5.11 Å². The summed E-state index contributed by atoms with van der Waals surface area (Å²) in [6.45, 7) is 7.59. The third kappa shape index (κ3) is 5.77. The normalized spacial score (nSPS) is 20.3. The van der Waals surface area contributed by atoms with Gasteiger partial charge in [0.05, 0.1) is 12.7 Å². The molecule has 18 heavy (non-hydrogen) atoms. The Morgan fingerprint density at radius 1 is 1.22 bits per heavy atom. The second-order valence-electron chi connectivity index (χ2n) is 3.97. The van der Waals surface area contributed by atoms with Crippen molar-refractivity contribution < 1.29 is 24.1 Å². The fourth-order valence-electron chi connectivity index (χ4n) is 1.79. The van der Waals surface area contributed by atoms with Crippen LogP contribution in [0.1, 0.15) is 33.6 Å². The Kier molecular flexibility index (Phi) is 9.01. The van der Waals surface area contributed by atoms with E-state index < -0.39 is 12.1 Å². The van der Waals surface area contributed by atoms with E-state index in [1.54, 1.807) is 0 Å². The fourth-order valence-corrected chi connectivity index (χ4v) is 1.79. The predicted octanol–water partition coefficient (Wildman–Crippen LogP) is -0.162. The number of epoxide rings is 1. The Morgan fingerprint density at radius 2 is 1.78 bits per heavy atom. The molecule has 0 bridgehead atoms. The predicted molar refractivity (Wildman–Crippen MR) is 73.9 cm³/mol. The van der Waals surface area contributed by atoms with E-state index in [-0.39, 0.29) is 11.0 Å². The molecule has 1 fully saturated rings. The smallest absolute Gasteiger partial charge is 0.308 e. The van der Waals surface area contributed by atoms with Gasteiger partial charge in [-0.25, -0.2) is 0 Å². The first kappa shape index (κ1) is 18.0. The van der Waals surface area contributed by atoms with E-state index in [2.05, 4.69) is 0 Å². The first-order chi connectivity index (χ1) is 8.16. The Labute approximate surface area is 114 Å². The molecule has 110 valence electrons. The van der Waals surface area contributed by atoms with Gasteiger partial charge in [0.15, 0.2) is 0 Å². The lowest BCUT2D eigenvalue weighted by atomic mass is 10.1. The second-order valence-corrected chi connectivity index (χ2v) is 3.97. The van der Waals surface area contributed by atoms with Gasteiger partial charge in [-0.1, -0.05) is 0 Å². The van der Waals surface area contributed by atoms with E-state index in [1.165, 1.54) is 0 Å². The van der Waals surface area contributed by atoms with Gasteiger partial charge in [-0.15, -0.1) is 0 Å². The number of rotatable bonds is 10. The first-order valence-electron chi connectivity index (χ1n) is 6.39. The molecule has 1 aliphatic rings. The zero-order valence-electron chi connectivity index (χ0n) is 11.0. The molecule has 1 N–H and O–H groups in total. The van der Waals surface area contributed by atoms with Gasteiger partial charge in [-0.2, -0.15) is 0 Å². The highest BCUT2D eigenvalue weighted by Crippen LogP contribution is 2.25. The number of aliphatic hydroxyl groups is 1. The zero-order valence-corrected chi connectivity index (χ0v) is 11.0. The maximum Gasteiger partial charge on any atom is 0.308 e. The third-order valence-electron chi connectivity index (χ3n) is 2.63. The number of hydrogen-bond acceptors (Lipinski definition) is 5. The van der Waals surface area contributed by atoms with Crippen molar-refractivity contribution in [3.63, 3.8) is 0 Å². The van der Waals surface area contributed by atoms with Crippen LogP contribution in [0.4, 0.5) is 0 Å². The van der Waals surface area contributed by atoms with Gasteiger partial charge < -0.3 is 24.1 Å². The molecular formula is C12H28O5Si. The van der Waals surface area contributed by atoms with Crippen molar-refractivity contribution in [2.24, 2.45) is 0 Å². The zero-order chi connectivity index (χ0) is 12.7. The van der Waals surface area contributed by atoms with Crippen LogP contribution in [0, 0.1) is 0 Å². The summed E-state index contributed by atoms with van der Waals surface area (Å²) in [5.41, 5.74) is 0. The Hall–Kier alpha value is 0.0169. The lowest BCUT2D eigenvalue weighted by molar-refractivity contribution is -0.398. The fraction of sp³-hybridized carbons (Fsp3) is 1.00. The number of hydrogen-bond donors (Lipinski definition) is 1. The Bertz CT molecular complexity index is 205. The molecule has 6 heteroatoms. The quantitative estimate of drug-likeness (QED) is 0.342. The topological polar surface area (TPSA) is 60.5 Å². The maximum atomic E-state index is 10.3. The Morgan fingerprint density at radius 3 is 2.17 bits per heavy atom. The minimum absolute atomic E-state index is 0. The van der Waals surface area contributed by atoms with Crippen LogP contribution in [0.25, 0.3) is 0 Å². The highest BCUT2D eigenvalue weighted by Gasteiger charge is 2.40. The molecule has 5 nitrogen and oxygen atoms in total. The van der Waals surface area contributed by atoms with Crippen LogP contribution >= 0.6 is 0 Å². The summed E-state index contributed by atoms with van der Waals surface area (Å²) in [7, 11) is 0. The third-order valence-corrected chi connectivity index (χ3v) is 2.63. The molecule has 1 saturated heterocycles. The van der Waals surface area contributed by atoms with Crippen LogP contribution in [-0.4, -0.2) is 60.7 Å². The highest BCUT2D eigenvalue weighted by atomic mass is 28.1. The van der Waals surface area contributed by atoms with Crippen LogP contribution in [0.3, 0.4) is 0 Å². The van der Waals surface area contributed by atoms with E-state index in [4.69, 9.17) is 18.9 Å². The molecule has 2 atom stereocenters. The van der Waals surface area contributed by atoms with Crippen LogP contribution in [0.2, 0.25) is 0 Å². The van der Waals surface area contributed by atoms with Crippen molar-refractivity contribution in [3.05, 3.63) is 0 Å². The molecule has 0 saturated carbocycles. The lowest BCUT2D eigenvalue weighted by Gasteiger charge is -2.34. The van der Waals surface area contributed by atoms with Crippen molar-refractivity contribution in [1.29, 1.82) is 0 Å². The van der Waals surface area contributed by atoms with Gasteiger partial charge in [0.2, 0.25) is 0 Å². The first-order valence-corrected chi connectivity index (χ1v) is 6.39. The van der Waals surface area contributed by atoms with Crippen molar-refractivity contribution >= 4 is 11.0 Å². The SMILES string of the molecule is CCOC(CCC1CO1)C(O)(OCC)OCC.[SiH4]. The van der Waals surface area contributed by atoms with Gasteiger partial charge in [0.1, 0.15) is 6.10 Å². The maximum absolute atomic E-state index is 10.3. The summed E-state index contributed by atoms with van der Waals surface area (Å²) < 4.78 is 21.3. The molecule has 1 aliphatic heterocycles. The van der Waals surface area contributed by atoms with Gasteiger partial charge in [0.25, 0.3) is 0 Å². The minimum atomic E-state index is -1.64. The van der Waals surface area contributed by atoms with Crippen molar-refractivity contribution in [3.8, 4) is 0 Å². The molecule has 1 heterocycles. The molecule has 1 rings (SSSR count). The molecular weight excluding hydrogens is 252 g/mol. The van der Waals surface area contributed by atoms with E-state index in [1.807, 2.05) is 20.8 Å². The summed E-state index contributed by atoms with van der Waals surface area (Å²) in [5.74, 6) is -1.64. The molecule has 0 spiro atoms. The lowest BCUT2D eigenvalue weighted by Crippen LogP contribution is -2.49. The second kappa shape index (κ2) is 9.01. The van der Waals surface area contributed by atoms with Crippen LogP contribution in [-0.2, 0) is 18.9 Å². The molecule has 0 amide bonds. The van der Waals surface area contributed by atoms with Crippen molar-refractivity contribution in [2.75, 3.05) is 26.4 Å². The minimum Gasteiger partial charge on any atom is -0.373 e. The summed E-state index contributed by atoms with van der Waals surface area (Å²) in [5, 5.41) is 10.3. The molecule has 0 radical (unpaired) electrons. The molecule has 0 aromatic heterocycles. The van der Waals surface area contributed by atoms with Crippen molar-refractivity contribution in [2.45, 2.75) is 51.8 Å². The van der Waals surface area contributed by atoms with Gasteiger partial charge in [-0.05, 0) is 44.6 Å². The summed E-state index contributed by atoms with van der Waals surface area (Å²) in [6.07, 6.45) is 1.35. The Balaban J connectivity index is 0.00000289. The molecule has 0 aromatic rings. The standard InChI is InChI=1S/C12H24O5.H4Si/c1-4-14-11(8-7-10-9-15-10)12(13,16-5-2)17-6-3;/h10-11,13H,4-9H2,1-3H3;1H4. The van der Waals surface area contributed by atoms with Crippen molar-refractivity contribution in [1.82, 2.24) is 0 Å². The summed E-state index contributed by atoms with van der Waals surface area (Å²) >= 11 is 0. The average molecular weight is 280 g/mol. The monoisotopic (exact) mass is 280 g/mol. The van der Waals surface area contributed by atoms with E-state index in [0.717, 1.165) is 13.0 Å².